The Morgan fingerprint density at radius 1 is 1.25 bits per heavy atom. The van der Waals surface area contributed by atoms with Gasteiger partial charge in [0.05, 0.1) is 10.7 Å². The molecule has 2 heterocycles. The van der Waals surface area contributed by atoms with Gasteiger partial charge in [-0.1, -0.05) is 0 Å². The Hall–Kier alpha value is -1.89. The number of hydrogen-bond acceptors (Lipinski definition) is 4. The first-order valence-corrected chi connectivity index (χ1v) is 9.25. The number of aryl methyl sites for hydroxylation is 3. The molecule has 0 saturated carbocycles. The summed E-state index contributed by atoms with van der Waals surface area (Å²) in [6, 6.07) is 0. The quantitative estimate of drug-likeness (QED) is 0.594. The van der Waals surface area contributed by atoms with E-state index in [1.165, 1.54) is 16.1 Å². The third kappa shape index (κ3) is 5.06. The van der Waals surface area contributed by atoms with Crippen LogP contribution in [0.5, 0.6) is 0 Å². The molecule has 0 bridgehead atoms. The monoisotopic (exact) mass is 348 g/mol. The fraction of sp³-hybridized carbons (Fsp3) is 0.588. The standard InChI is InChI=1S/C17H28N6S/c1-6-18-17(20-10-8-16-21-11-12(2)24-16)19-9-7-15-13(3)22-23(5)14(15)4/h11H,6-10H2,1-5H3,(H2,18,19,20). The molecule has 132 valence electrons. The molecule has 2 aromatic rings. The second-order valence-electron chi connectivity index (χ2n) is 5.83. The molecule has 6 nitrogen and oxygen atoms in total. The highest BCUT2D eigenvalue weighted by atomic mass is 32.1. The lowest BCUT2D eigenvalue weighted by molar-refractivity contribution is 0.729. The summed E-state index contributed by atoms with van der Waals surface area (Å²) < 4.78 is 1.94. The Kier molecular flexibility index (Phi) is 6.78. The van der Waals surface area contributed by atoms with Gasteiger partial charge in [0.15, 0.2) is 5.96 Å². The molecule has 0 spiro atoms. The van der Waals surface area contributed by atoms with Crippen molar-refractivity contribution in [2.75, 3.05) is 19.6 Å². The van der Waals surface area contributed by atoms with Crippen LogP contribution in [-0.4, -0.2) is 40.4 Å². The van der Waals surface area contributed by atoms with Crippen molar-refractivity contribution in [3.8, 4) is 0 Å². The van der Waals surface area contributed by atoms with Gasteiger partial charge >= 0.3 is 0 Å². The highest BCUT2D eigenvalue weighted by molar-refractivity contribution is 7.11. The Balaban J connectivity index is 1.84. The molecule has 0 unspecified atom stereocenters. The Bertz CT molecular complexity index is 685. The van der Waals surface area contributed by atoms with Crippen molar-refractivity contribution in [1.82, 2.24) is 25.4 Å². The average molecular weight is 349 g/mol. The van der Waals surface area contributed by atoms with E-state index < -0.39 is 0 Å². The predicted octanol–water partition coefficient (Wildman–Crippen LogP) is 2.14. The van der Waals surface area contributed by atoms with E-state index in [1.807, 2.05) is 17.9 Å². The molecule has 2 rings (SSSR count). The SMILES string of the molecule is CCNC(=NCCc1ncc(C)s1)NCCc1c(C)nn(C)c1C. The smallest absolute Gasteiger partial charge is 0.191 e. The first-order valence-electron chi connectivity index (χ1n) is 8.43. The van der Waals surface area contributed by atoms with Crippen molar-refractivity contribution >= 4 is 17.3 Å². The Morgan fingerprint density at radius 2 is 2.04 bits per heavy atom. The summed E-state index contributed by atoms with van der Waals surface area (Å²) in [5.41, 5.74) is 3.66. The molecule has 0 aliphatic carbocycles. The second-order valence-corrected chi connectivity index (χ2v) is 7.14. The first-order chi connectivity index (χ1) is 11.5. The highest BCUT2D eigenvalue weighted by Crippen LogP contribution is 2.12. The summed E-state index contributed by atoms with van der Waals surface area (Å²) in [6.07, 6.45) is 3.75. The molecule has 0 fully saturated rings. The van der Waals surface area contributed by atoms with Gasteiger partial charge in [-0.25, -0.2) is 4.98 Å². The van der Waals surface area contributed by atoms with Crippen LogP contribution in [0.1, 0.15) is 33.8 Å². The third-order valence-electron chi connectivity index (χ3n) is 3.94. The first kappa shape index (κ1) is 18.4. The lowest BCUT2D eigenvalue weighted by Crippen LogP contribution is -2.38. The van der Waals surface area contributed by atoms with Crippen LogP contribution >= 0.6 is 11.3 Å². The molecule has 2 aromatic heterocycles. The number of nitrogens with one attached hydrogen (secondary N) is 2. The van der Waals surface area contributed by atoms with E-state index in [0.29, 0.717) is 0 Å². The molecule has 2 N–H and O–H groups in total. The maximum atomic E-state index is 4.64. The van der Waals surface area contributed by atoms with Crippen LogP contribution < -0.4 is 10.6 Å². The van der Waals surface area contributed by atoms with Crippen LogP contribution in [0.4, 0.5) is 0 Å². The van der Waals surface area contributed by atoms with Gasteiger partial charge in [-0.15, -0.1) is 11.3 Å². The zero-order valence-electron chi connectivity index (χ0n) is 15.3. The molecular formula is C17H28N6S. The van der Waals surface area contributed by atoms with Gasteiger partial charge in [0.2, 0.25) is 0 Å². The maximum absolute atomic E-state index is 4.64. The van der Waals surface area contributed by atoms with Crippen LogP contribution in [-0.2, 0) is 19.9 Å². The number of aromatic nitrogens is 3. The third-order valence-corrected chi connectivity index (χ3v) is 4.91. The molecular weight excluding hydrogens is 320 g/mol. The van der Waals surface area contributed by atoms with Gasteiger partial charge in [-0.2, -0.15) is 5.10 Å². The second kappa shape index (κ2) is 8.82. The Morgan fingerprint density at radius 3 is 2.62 bits per heavy atom. The summed E-state index contributed by atoms with van der Waals surface area (Å²) in [5.74, 6) is 0.866. The van der Waals surface area contributed by atoms with Gasteiger partial charge in [-0.3, -0.25) is 9.67 Å². The maximum Gasteiger partial charge on any atom is 0.191 e. The van der Waals surface area contributed by atoms with Crippen molar-refractivity contribution in [2.45, 2.75) is 40.5 Å². The molecule has 0 aliphatic heterocycles. The van der Waals surface area contributed by atoms with E-state index >= 15 is 0 Å². The lowest BCUT2D eigenvalue weighted by Gasteiger charge is -2.11. The molecule has 0 aromatic carbocycles. The van der Waals surface area contributed by atoms with Crippen LogP contribution in [0.15, 0.2) is 11.2 Å². The van der Waals surface area contributed by atoms with Crippen molar-refractivity contribution in [2.24, 2.45) is 12.0 Å². The summed E-state index contributed by atoms with van der Waals surface area (Å²) in [6.45, 7) is 10.8. The largest absolute Gasteiger partial charge is 0.357 e. The number of aliphatic imine (C=N–C) groups is 1. The van der Waals surface area contributed by atoms with E-state index in [-0.39, 0.29) is 0 Å². The zero-order valence-corrected chi connectivity index (χ0v) is 16.1. The van der Waals surface area contributed by atoms with Gasteiger partial charge < -0.3 is 10.6 Å². The van der Waals surface area contributed by atoms with Crippen molar-refractivity contribution in [1.29, 1.82) is 0 Å². The van der Waals surface area contributed by atoms with Crippen molar-refractivity contribution in [3.63, 3.8) is 0 Å². The van der Waals surface area contributed by atoms with Gasteiger partial charge in [0.1, 0.15) is 0 Å². The minimum Gasteiger partial charge on any atom is -0.357 e. The number of nitrogens with zero attached hydrogens (tertiary/aromatic N) is 4. The molecule has 0 saturated heterocycles. The van der Waals surface area contributed by atoms with Crippen molar-refractivity contribution in [3.05, 3.63) is 33.0 Å². The fourth-order valence-electron chi connectivity index (χ4n) is 2.61. The van der Waals surface area contributed by atoms with Gasteiger partial charge in [0, 0.05) is 49.9 Å². The molecule has 24 heavy (non-hydrogen) atoms. The van der Waals surface area contributed by atoms with E-state index in [9.17, 15) is 0 Å². The number of thiazole rings is 1. The Labute approximate surface area is 148 Å². The van der Waals surface area contributed by atoms with Crippen LogP contribution in [0.3, 0.4) is 0 Å². The number of rotatable bonds is 7. The molecule has 0 atom stereocenters. The zero-order chi connectivity index (χ0) is 17.5. The van der Waals surface area contributed by atoms with Gasteiger partial charge in [-0.05, 0) is 39.7 Å². The topological polar surface area (TPSA) is 67.1 Å². The highest BCUT2D eigenvalue weighted by Gasteiger charge is 2.09. The summed E-state index contributed by atoms with van der Waals surface area (Å²) in [5, 5.41) is 12.3. The van der Waals surface area contributed by atoms with Gasteiger partial charge in [0.25, 0.3) is 0 Å². The summed E-state index contributed by atoms with van der Waals surface area (Å²) >= 11 is 1.74. The minimum atomic E-state index is 0.743. The summed E-state index contributed by atoms with van der Waals surface area (Å²) in [7, 11) is 1.99. The number of guanidine groups is 1. The van der Waals surface area contributed by atoms with Crippen LogP contribution in [0.25, 0.3) is 0 Å². The average Bonchev–Trinajstić information content (AvgIpc) is 3.05. The normalized spacial score (nSPS) is 11.8. The molecule has 0 radical (unpaired) electrons. The molecule has 0 aliphatic rings. The van der Waals surface area contributed by atoms with E-state index in [4.69, 9.17) is 0 Å². The van der Waals surface area contributed by atoms with E-state index in [1.54, 1.807) is 11.3 Å². The predicted molar refractivity (Wildman–Crippen MR) is 101 cm³/mol. The number of hydrogen-bond donors (Lipinski definition) is 2. The lowest BCUT2D eigenvalue weighted by atomic mass is 10.1. The van der Waals surface area contributed by atoms with E-state index in [0.717, 1.165) is 49.1 Å². The molecule has 7 heteroatoms. The molecule has 0 amide bonds. The van der Waals surface area contributed by atoms with Crippen LogP contribution in [0.2, 0.25) is 0 Å². The van der Waals surface area contributed by atoms with Crippen LogP contribution in [0, 0.1) is 20.8 Å². The fourth-order valence-corrected chi connectivity index (χ4v) is 3.38. The minimum absolute atomic E-state index is 0.743. The van der Waals surface area contributed by atoms with Crippen molar-refractivity contribution < 1.29 is 0 Å². The summed E-state index contributed by atoms with van der Waals surface area (Å²) in [4.78, 5) is 10.3. The van der Waals surface area contributed by atoms with E-state index in [2.05, 4.69) is 53.4 Å².